The van der Waals surface area contributed by atoms with E-state index in [1.54, 1.807) is 6.20 Å². The van der Waals surface area contributed by atoms with E-state index in [-0.39, 0.29) is 5.92 Å². The minimum atomic E-state index is 0.216. The predicted molar refractivity (Wildman–Crippen MR) is 95.7 cm³/mol. The molecule has 4 nitrogen and oxygen atoms in total. The number of pyridine rings is 1. The van der Waals surface area contributed by atoms with Gasteiger partial charge in [-0.1, -0.05) is 38.5 Å². The van der Waals surface area contributed by atoms with Gasteiger partial charge in [0.25, 0.3) is 0 Å². The number of hydrogen-bond donors (Lipinski definition) is 0. The molecule has 0 N–H and O–H groups in total. The van der Waals surface area contributed by atoms with Crippen LogP contribution in [0.15, 0.2) is 18.5 Å². The van der Waals surface area contributed by atoms with Gasteiger partial charge in [-0.25, -0.2) is 0 Å². The number of Topliss-reactive ketones (excluding diaryl/α,β-unsaturated/α-hetero) is 1. The Kier molecular flexibility index (Phi) is 5.44. The number of carbonyl (C=O) groups excluding carboxylic acids is 1. The zero-order chi connectivity index (χ0) is 15.4. The Morgan fingerprint density at radius 2 is 1.82 bits per heavy atom. The highest BCUT2D eigenvalue weighted by Crippen LogP contribution is 2.23. The van der Waals surface area contributed by atoms with Crippen LogP contribution in [0.4, 0.5) is 0 Å². The lowest BCUT2D eigenvalue weighted by Crippen LogP contribution is -2.21. The van der Waals surface area contributed by atoms with Crippen LogP contribution in [0.1, 0.15) is 51.4 Å². The highest BCUT2D eigenvalue weighted by atomic mass is 127. The Morgan fingerprint density at radius 1 is 1.14 bits per heavy atom. The maximum Gasteiger partial charge on any atom is 0.157 e. The van der Waals surface area contributed by atoms with Gasteiger partial charge in [0.05, 0.1) is 11.7 Å². The standard InChI is InChI=1S/C17H22IN3O/c18-14-9-16-15(19-10-14)11-20-21(16)12-17(22)13-7-5-3-1-2-4-6-8-13/h9-11,13H,1-8,12H2. The maximum atomic E-state index is 12.7. The first-order chi connectivity index (χ1) is 10.7. The van der Waals surface area contributed by atoms with Gasteiger partial charge < -0.3 is 0 Å². The second-order valence-electron chi connectivity index (χ2n) is 6.22. The number of aromatic nitrogens is 3. The van der Waals surface area contributed by atoms with E-state index in [2.05, 4.69) is 32.7 Å². The summed E-state index contributed by atoms with van der Waals surface area (Å²) in [6.45, 7) is 0.385. The molecule has 0 radical (unpaired) electrons. The molecular formula is C17H22IN3O. The van der Waals surface area contributed by atoms with E-state index in [9.17, 15) is 4.79 Å². The Morgan fingerprint density at radius 3 is 2.55 bits per heavy atom. The molecule has 0 aromatic carbocycles. The fourth-order valence-electron chi connectivity index (χ4n) is 3.29. The molecule has 2 aromatic rings. The molecule has 2 aromatic heterocycles. The molecule has 2 heterocycles. The van der Waals surface area contributed by atoms with Crippen molar-refractivity contribution in [1.29, 1.82) is 0 Å². The number of fused-ring (bicyclic) bond motifs is 1. The first-order valence-corrected chi connectivity index (χ1v) is 9.32. The van der Waals surface area contributed by atoms with Gasteiger partial charge in [-0.15, -0.1) is 0 Å². The van der Waals surface area contributed by atoms with Crippen LogP contribution < -0.4 is 0 Å². The number of ketones is 1. The van der Waals surface area contributed by atoms with Gasteiger partial charge in [0, 0.05) is 15.7 Å². The van der Waals surface area contributed by atoms with Crippen molar-refractivity contribution in [3.05, 3.63) is 22.0 Å². The molecule has 3 rings (SSSR count). The van der Waals surface area contributed by atoms with E-state index in [0.717, 1.165) is 27.4 Å². The second-order valence-corrected chi connectivity index (χ2v) is 7.47. The Bertz CT molecular complexity index is 642. The SMILES string of the molecule is O=C(Cn1ncc2ncc(I)cc21)C1CCCCCCCC1. The molecule has 5 heteroatoms. The summed E-state index contributed by atoms with van der Waals surface area (Å²) in [5, 5.41) is 4.36. The lowest BCUT2D eigenvalue weighted by Gasteiger charge is -2.15. The Balaban J connectivity index is 1.72. The van der Waals surface area contributed by atoms with Crippen LogP contribution in [0.2, 0.25) is 0 Å². The first kappa shape index (κ1) is 15.9. The second kappa shape index (κ2) is 7.53. The smallest absolute Gasteiger partial charge is 0.157 e. The monoisotopic (exact) mass is 411 g/mol. The molecule has 1 aliphatic carbocycles. The van der Waals surface area contributed by atoms with E-state index in [0.29, 0.717) is 12.3 Å². The lowest BCUT2D eigenvalue weighted by atomic mass is 9.92. The maximum absolute atomic E-state index is 12.7. The quantitative estimate of drug-likeness (QED) is 0.706. The van der Waals surface area contributed by atoms with E-state index < -0.39 is 0 Å². The fraction of sp³-hybridized carbons (Fsp3) is 0.588. The minimum absolute atomic E-state index is 0.216. The van der Waals surface area contributed by atoms with Gasteiger partial charge in [0.2, 0.25) is 0 Å². The van der Waals surface area contributed by atoms with Gasteiger partial charge in [-0.2, -0.15) is 5.10 Å². The zero-order valence-corrected chi connectivity index (χ0v) is 15.0. The van der Waals surface area contributed by atoms with Crippen LogP contribution in [-0.2, 0) is 11.3 Å². The number of halogens is 1. The van der Waals surface area contributed by atoms with Crippen molar-refractivity contribution in [3.8, 4) is 0 Å². The summed E-state index contributed by atoms with van der Waals surface area (Å²) < 4.78 is 2.89. The third-order valence-corrected chi connectivity index (χ3v) is 5.17. The van der Waals surface area contributed by atoms with Gasteiger partial charge >= 0.3 is 0 Å². The Labute approximate surface area is 144 Å². The van der Waals surface area contributed by atoms with Gasteiger partial charge in [0.15, 0.2) is 5.78 Å². The van der Waals surface area contributed by atoms with Gasteiger partial charge in [-0.3, -0.25) is 14.5 Å². The number of nitrogens with zero attached hydrogens (tertiary/aromatic N) is 3. The molecule has 0 amide bonds. The normalized spacial score (nSPS) is 17.9. The van der Waals surface area contributed by atoms with Crippen LogP contribution in [0.3, 0.4) is 0 Å². The van der Waals surface area contributed by atoms with Crippen LogP contribution in [0, 0.1) is 9.49 Å². The van der Waals surface area contributed by atoms with E-state index in [1.807, 2.05) is 16.9 Å². The molecular weight excluding hydrogens is 389 g/mol. The molecule has 0 aliphatic heterocycles. The molecule has 1 fully saturated rings. The van der Waals surface area contributed by atoms with Crippen LogP contribution in [0.25, 0.3) is 11.0 Å². The third-order valence-electron chi connectivity index (χ3n) is 4.58. The number of rotatable bonds is 3. The third kappa shape index (κ3) is 3.86. The summed E-state index contributed by atoms with van der Waals surface area (Å²) in [4.78, 5) is 17.0. The highest BCUT2D eigenvalue weighted by molar-refractivity contribution is 14.1. The molecule has 1 saturated carbocycles. The Hall–Kier alpha value is -0.980. The average molecular weight is 411 g/mol. The molecule has 0 atom stereocenters. The van der Waals surface area contributed by atoms with Crippen molar-refractivity contribution < 1.29 is 4.79 Å². The molecule has 0 saturated heterocycles. The van der Waals surface area contributed by atoms with E-state index >= 15 is 0 Å². The minimum Gasteiger partial charge on any atom is -0.297 e. The lowest BCUT2D eigenvalue weighted by molar-refractivity contribution is -0.124. The van der Waals surface area contributed by atoms with Crippen molar-refractivity contribution in [2.45, 2.75) is 57.9 Å². The summed E-state index contributed by atoms with van der Waals surface area (Å²) in [5.41, 5.74) is 1.82. The molecule has 0 spiro atoms. The van der Waals surface area contributed by atoms with Crippen molar-refractivity contribution in [1.82, 2.24) is 14.8 Å². The topological polar surface area (TPSA) is 47.8 Å². The van der Waals surface area contributed by atoms with Crippen LogP contribution >= 0.6 is 22.6 Å². The molecule has 0 bridgehead atoms. The van der Waals surface area contributed by atoms with E-state index in [1.165, 1.54) is 38.5 Å². The summed E-state index contributed by atoms with van der Waals surface area (Å²) >= 11 is 2.24. The summed E-state index contributed by atoms with van der Waals surface area (Å²) in [6.07, 6.45) is 13.3. The summed E-state index contributed by atoms with van der Waals surface area (Å²) in [7, 11) is 0. The number of carbonyl (C=O) groups is 1. The van der Waals surface area contributed by atoms with Crippen LogP contribution in [0.5, 0.6) is 0 Å². The van der Waals surface area contributed by atoms with Crippen LogP contribution in [-0.4, -0.2) is 20.5 Å². The van der Waals surface area contributed by atoms with Gasteiger partial charge in [0.1, 0.15) is 12.1 Å². The summed E-state index contributed by atoms with van der Waals surface area (Å²) in [6, 6.07) is 2.05. The largest absolute Gasteiger partial charge is 0.297 e. The van der Waals surface area contributed by atoms with Crippen molar-refractivity contribution in [2.75, 3.05) is 0 Å². The summed E-state index contributed by atoms with van der Waals surface area (Å²) in [5.74, 6) is 0.554. The fourth-order valence-corrected chi connectivity index (χ4v) is 3.72. The molecule has 0 unspecified atom stereocenters. The molecule has 118 valence electrons. The molecule has 1 aliphatic rings. The average Bonchev–Trinajstić information content (AvgIpc) is 2.95. The highest BCUT2D eigenvalue weighted by Gasteiger charge is 2.20. The van der Waals surface area contributed by atoms with Crippen molar-refractivity contribution in [3.63, 3.8) is 0 Å². The number of hydrogen-bond acceptors (Lipinski definition) is 3. The van der Waals surface area contributed by atoms with E-state index in [4.69, 9.17) is 0 Å². The molecule has 22 heavy (non-hydrogen) atoms. The zero-order valence-electron chi connectivity index (χ0n) is 12.8. The van der Waals surface area contributed by atoms with Gasteiger partial charge in [-0.05, 0) is 41.5 Å². The van der Waals surface area contributed by atoms with Crippen molar-refractivity contribution in [2.24, 2.45) is 5.92 Å². The van der Waals surface area contributed by atoms with Crippen molar-refractivity contribution >= 4 is 39.4 Å². The predicted octanol–water partition coefficient (Wildman–Crippen LogP) is 4.36. The first-order valence-electron chi connectivity index (χ1n) is 8.24.